The zero-order valence-electron chi connectivity index (χ0n) is 11.2. The van der Waals surface area contributed by atoms with Crippen LogP contribution >= 0.6 is 0 Å². The highest BCUT2D eigenvalue weighted by Crippen LogP contribution is 2.20. The van der Waals surface area contributed by atoms with Gasteiger partial charge in [-0.25, -0.2) is 9.48 Å². The van der Waals surface area contributed by atoms with Crippen LogP contribution in [0.3, 0.4) is 0 Å². The number of aromatic carboxylic acids is 1. The van der Waals surface area contributed by atoms with Gasteiger partial charge < -0.3 is 20.1 Å². The molecule has 9 nitrogen and oxygen atoms in total. The van der Waals surface area contributed by atoms with Gasteiger partial charge in [-0.3, -0.25) is 4.79 Å². The number of likely N-dealkylation sites (tertiary alicyclic amines) is 1. The molecule has 0 atom stereocenters. The summed E-state index contributed by atoms with van der Waals surface area (Å²) >= 11 is 0. The molecule has 0 saturated carbocycles. The second kappa shape index (κ2) is 6.44. The first kappa shape index (κ1) is 14.4. The van der Waals surface area contributed by atoms with E-state index in [9.17, 15) is 9.59 Å². The lowest BCUT2D eigenvalue weighted by Crippen LogP contribution is -2.53. The lowest BCUT2D eigenvalue weighted by Gasteiger charge is -2.38. The Hall–Kier alpha value is -2.00. The molecule has 1 aromatic rings. The van der Waals surface area contributed by atoms with E-state index in [2.05, 4.69) is 15.6 Å². The van der Waals surface area contributed by atoms with Crippen molar-refractivity contribution in [3.8, 4) is 0 Å². The zero-order chi connectivity index (χ0) is 14.5. The molecule has 0 radical (unpaired) electrons. The highest BCUT2D eigenvalue weighted by molar-refractivity contribution is 5.84. The first-order valence-corrected chi connectivity index (χ1v) is 6.24. The molecule has 1 aliphatic heterocycles. The molecule has 0 bridgehead atoms. The Kier molecular flexibility index (Phi) is 4.64. The number of carboxylic acid groups (broad SMARTS) is 1. The van der Waals surface area contributed by atoms with Crippen LogP contribution in [0.5, 0.6) is 0 Å². The fraction of sp³-hybridized carbons (Fsp3) is 0.636. The standard InChI is InChI=1S/C11H17N5O4/c1-20-3-2-12-4-10(17)15-5-8(6-15)16-7-9(11(18)19)13-14-16/h7-8,12H,2-6H2,1H3,(H,18,19). The molecule has 1 saturated heterocycles. The SMILES string of the molecule is COCCNCC(=O)N1CC(n2cc(C(=O)O)nn2)C1. The number of nitrogens with zero attached hydrogens (tertiary/aromatic N) is 4. The van der Waals surface area contributed by atoms with Crippen molar-refractivity contribution in [2.75, 3.05) is 39.9 Å². The molecule has 0 unspecified atom stereocenters. The Labute approximate surface area is 115 Å². The van der Waals surface area contributed by atoms with E-state index in [-0.39, 0.29) is 24.2 Å². The number of carbonyl (C=O) groups excluding carboxylic acids is 1. The average Bonchev–Trinajstić information content (AvgIpc) is 2.82. The van der Waals surface area contributed by atoms with Crippen LogP contribution in [0, 0.1) is 0 Å². The minimum Gasteiger partial charge on any atom is -0.476 e. The summed E-state index contributed by atoms with van der Waals surface area (Å²) < 4.78 is 6.36. The first-order valence-electron chi connectivity index (χ1n) is 6.24. The van der Waals surface area contributed by atoms with Crippen LogP contribution in [0.15, 0.2) is 6.20 Å². The molecule has 1 fully saturated rings. The van der Waals surface area contributed by atoms with Crippen molar-refractivity contribution in [1.82, 2.24) is 25.2 Å². The number of amides is 1. The lowest BCUT2D eigenvalue weighted by molar-refractivity contribution is -0.136. The maximum Gasteiger partial charge on any atom is 0.358 e. The summed E-state index contributed by atoms with van der Waals surface area (Å²) in [5.74, 6) is -1.10. The van der Waals surface area contributed by atoms with Gasteiger partial charge in [0.15, 0.2) is 5.69 Å². The van der Waals surface area contributed by atoms with Crippen LogP contribution in [0.1, 0.15) is 16.5 Å². The van der Waals surface area contributed by atoms with Gasteiger partial charge in [0.05, 0.1) is 25.4 Å². The number of aromatic nitrogens is 3. The molecule has 1 amide bonds. The highest BCUT2D eigenvalue weighted by atomic mass is 16.5. The molecular weight excluding hydrogens is 266 g/mol. The number of carbonyl (C=O) groups is 2. The molecule has 1 aromatic heterocycles. The number of nitrogens with one attached hydrogen (secondary N) is 1. The molecule has 2 heterocycles. The van der Waals surface area contributed by atoms with Gasteiger partial charge in [-0.05, 0) is 0 Å². The summed E-state index contributed by atoms with van der Waals surface area (Å²) in [4.78, 5) is 24.1. The third kappa shape index (κ3) is 3.31. The zero-order valence-corrected chi connectivity index (χ0v) is 11.2. The second-order valence-corrected chi connectivity index (χ2v) is 4.51. The Bertz CT molecular complexity index is 483. The van der Waals surface area contributed by atoms with E-state index in [0.717, 1.165) is 0 Å². The summed E-state index contributed by atoms with van der Waals surface area (Å²) in [6, 6.07) is -0.00137. The number of hydrogen-bond acceptors (Lipinski definition) is 6. The predicted molar refractivity (Wildman–Crippen MR) is 67.3 cm³/mol. The van der Waals surface area contributed by atoms with Crippen molar-refractivity contribution < 1.29 is 19.4 Å². The number of rotatable bonds is 7. The molecule has 2 rings (SSSR count). The largest absolute Gasteiger partial charge is 0.476 e. The van der Waals surface area contributed by atoms with Crippen molar-refractivity contribution in [3.63, 3.8) is 0 Å². The molecule has 9 heteroatoms. The first-order chi connectivity index (χ1) is 9.61. The van der Waals surface area contributed by atoms with Crippen molar-refractivity contribution in [1.29, 1.82) is 0 Å². The third-order valence-electron chi connectivity index (χ3n) is 3.08. The molecule has 110 valence electrons. The summed E-state index contributed by atoms with van der Waals surface area (Å²) in [5, 5.41) is 19.0. The molecular formula is C11H17N5O4. The van der Waals surface area contributed by atoms with E-state index >= 15 is 0 Å². The van der Waals surface area contributed by atoms with Gasteiger partial charge in [0, 0.05) is 26.7 Å². The van der Waals surface area contributed by atoms with Gasteiger partial charge in [-0.1, -0.05) is 5.21 Å². The Morgan fingerprint density at radius 3 is 2.90 bits per heavy atom. The van der Waals surface area contributed by atoms with E-state index in [1.807, 2.05) is 0 Å². The predicted octanol–water partition coefficient (Wildman–Crippen LogP) is -1.40. The lowest BCUT2D eigenvalue weighted by atomic mass is 10.1. The van der Waals surface area contributed by atoms with Gasteiger partial charge in [-0.15, -0.1) is 5.10 Å². The molecule has 0 spiro atoms. The number of methoxy groups -OCH3 is 1. The van der Waals surface area contributed by atoms with Crippen LogP contribution in [0.25, 0.3) is 0 Å². The van der Waals surface area contributed by atoms with Crippen molar-refractivity contribution in [2.24, 2.45) is 0 Å². The van der Waals surface area contributed by atoms with Crippen LogP contribution in [0.2, 0.25) is 0 Å². The normalized spacial score (nSPS) is 15.2. The van der Waals surface area contributed by atoms with Crippen LogP contribution in [-0.4, -0.2) is 76.8 Å². The Morgan fingerprint density at radius 2 is 2.30 bits per heavy atom. The molecule has 0 aliphatic carbocycles. The van der Waals surface area contributed by atoms with Crippen molar-refractivity contribution in [2.45, 2.75) is 6.04 Å². The quantitative estimate of drug-likeness (QED) is 0.592. The van der Waals surface area contributed by atoms with Gasteiger partial charge in [0.1, 0.15) is 0 Å². The van der Waals surface area contributed by atoms with Gasteiger partial charge in [0.25, 0.3) is 0 Å². The van der Waals surface area contributed by atoms with Gasteiger partial charge >= 0.3 is 5.97 Å². The summed E-state index contributed by atoms with van der Waals surface area (Å²) in [6.07, 6.45) is 1.38. The molecule has 1 aliphatic rings. The topological polar surface area (TPSA) is 110 Å². The average molecular weight is 283 g/mol. The maximum absolute atomic E-state index is 11.8. The van der Waals surface area contributed by atoms with E-state index in [1.54, 1.807) is 12.0 Å². The third-order valence-corrected chi connectivity index (χ3v) is 3.08. The fourth-order valence-corrected chi connectivity index (χ4v) is 1.86. The van der Waals surface area contributed by atoms with E-state index < -0.39 is 5.97 Å². The second-order valence-electron chi connectivity index (χ2n) is 4.51. The summed E-state index contributed by atoms with van der Waals surface area (Å²) in [7, 11) is 1.60. The van der Waals surface area contributed by atoms with Gasteiger partial charge in [0.2, 0.25) is 5.91 Å². The van der Waals surface area contributed by atoms with E-state index in [1.165, 1.54) is 10.9 Å². The van der Waals surface area contributed by atoms with Crippen molar-refractivity contribution >= 4 is 11.9 Å². The van der Waals surface area contributed by atoms with Crippen LogP contribution in [0.4, 0.5) is 0 Å². The number of hydrogen-bond donors (Lipinski definition) is 2. The monoisotopic (exact) mass is 283 g/mol. The Balaban J connectivity index is 1.73. The Morgan fingerprint density at radius 1 is 1.55 bits per heavy atom. The van der Waals surface area contributed by atoms with Crippen molar-refractivity contribution in [3.05, 3.63) is 11.9 Å². The van der Waals surface area contributed by atoms with Crippen LogP contribution in [-0.2, 0) is 9.53 Å². The molecule has 2 N–H and O–H groups in total. The van der Waals surface area contributed by atoms with E-state index in [4.69, 9.17) is 9.84 Å². The summed E-state index contributed by atoms with van der Waals surface area (Å²) in [6.45, 7) is 2.51. The highest BCUT2D eigenvalue weighted by Gasteiger charge is 2.32. The number of ether oxygens (including phenoxy) is 1. The van der Waals surface area contributed by atoms with Gasteiger partial charge in [-0.2, -0.15) is 0 Å². The van der Waals surface area contributed by atoms with Crippen LogP contribution < -0.4 is 5.32 Å². The summed E-state index contributed by atoms with van der Waals surface area (Å²) in [5.41, 5.74) is -0.0870. The fourth-order valence-electron chi connectivity index (χ4n) is 1.86. The minimum absolute atomic E-state index is 0.00137. The molecule has 0 aromatic carbocycles. The minimum atomic E-state index is -1.11. The maximum atomic E-state index is 11.8. The molecule has 20 heavy (non-hydrogen) atoms. The van der Waals surface area contributed by atoms with E-state index in [0.29, 0.717) is 26.2 Å². The smallest absolute Gasteiger partial charge is 0.358 e. The number of carboxylic acids is 1.